The van der Waals surface area contributed by atoms with E-state index in [0.717, 1.165) is 16.9 Å². The second kappa shape index (κ2) is 6.29. The molecule has 1 unspecified atom stereocenters. The summed E-state index contributed by atoms with van der Waals surface area (Å²) in [7, 11) is 1.49. The van der Waals surface area contributed by atoms with Crippen molar-refractivity contribution in [3.63, 3.8) is 0 Å². The molecule has 0 saturated carbocycles. The lowest BCUT2D eigenvalue weighted by Gasteiger charge is -2.12. The van der Waals surface area contributed by atoms with E-state index in [4.69, 9.17) is 13.9 Å². The zero-order valence-corrected chi connectivity index (χ0v) is 14.8. The number of ether oxygens (including phenoxy) is 2. The molecule has 0 amide bonds. The van der Waals surface area contributed by atoms with Crippen molar-refractivity contribution in [2.75, 3.05) is 7.11 Å². The Balaban J connectivity index is 1.81. The first-order valence-electron chi connectivity index (χ1n) is 8.35. The molecular formula is C20H18N2O4. The van der Waals surface area contributed by atoms with Gasteiger partial charge in [-0.15, -0.1) is 0 Å². The Bertz CT molecular complexity index is 993. The van der Waals surface area contributed by atoms with Crippen molar-refractivity contribution in [3.8, 4) is 17.5 Å². The highest BCUT2D eigenvalue weighted by molar-refractivity contribution is 5.99. The smallest absolute Gasteiger partial charge is 0.343 e. The van der Waals surface area contributed by atoms with Crippen LogP contribution >= 0.6 is 0 Å². The standard InChI is InChI=1S/C20H18N2O4/c1-11-6-4-5-7-13(11)10-15-18-16(19(23)26-15)17(21-20(22-18)24-3)14-9-8-12(2)25-14/h4-9,15H,10H2,1-3H3. The van der Waals surface area contributed by atoms with Crippen LogP contribution in [0.3, 0.4) is 0 Å². The zero-order valence-electron chi connectivity index (χ0n) is 14.8. The molecule has 2 aromatic heterocycles. The van der Waals surface area contributed by atoms with E-state index in [1.807, 2.05) is 44.2 Å². The minimum absolute atomic E-state index is 0.181. The van der Waals surface area contributed by atoms with Crippen molar-refractivity contribution in [2.24, 2.45) is 0 Å². The van der Waals surface area contributed by atoms with Gasteiger partial charge in [0.15, 0.2) is 5.76 Å². The molecule has 1 atom stereocenters. The molecule has 0 saturated heterocycles. The molecule has 1 aromatic carbocycles. The highest BCUT2D eigenvalue weighted by Crippen LogP contribution is 2.38. The number of cyclic esters (lactones) is 1. The molecule has 0 aliphatic carbocycles. The lowest BCUT2D eigenvalue weighted by atomic mass is 9.99. The molecule has 3 aromatic rings. The highest BCUT2D eigenvalue weighted by atomic mass is 16.6. The van der Waals surface area contributed by atoms with Gasteiger partial charge in [-0.1, -0.05) is 24.3 Å². The van der Waals surface area contributed by atoms with Crippen LogP contribution in [-0.2, 0) is 11.2 Å². The zero-order chi connectivity index (χ0) is 18.3. The van der Waals surface area contributed by atoms with E-state index >= 15 is 0 Å². The monoisotopic (exact) mass is 350 g/mol. The number of rotatable bonds is 4. The van der Waals surface area contributed by atoms with Crippen molar-refractivity contribution in [2.45, 2.75) is 26.4 Å². The third kappa shape index (κ3) is 2.73. The Morgan fingerprint density at radius 3 is 2.62 bits per heavy atom. The van der Waals surface area contributed by atoms with Crippen LogP contribution in [-0.4, -0.2) is 23.0 Å². The summed E-state index contributed by atoms with van der Waals surface area (Å²) in [6.45, 7) is 3.87. The average molecular weight is 350 g/mol. The summed E-state index contributed by atoms with van der Waals surface area (Å²) in [6.07, 6.45) is 0.0627. The largest absolute Gasteiger partial charge is 0.467 e. The van der Waals surface area contributed by atoms with Gasteiger partial charge in [-0.25, -0.2) is 4.79 Å². The van der Waals surface area contributed by atoms with Gasteiger partial charge in [0.1, 0.15) is 28.8 Å². The molecule has 0 bridgehead atoms. The van der Waals surface area contributed by atoms with E-state index in [1.165, 1.54) is 7.11 Å². The fourth-order valence-corrected chi connectivity index (χ4v) is 3.14. The van der Waals surface area contributed by atoms with Gasteiger partial charge in [0.25, 0.3) is 0 Å². The first-order chi connectivity index (χ1) is 12.6. The van der Waals surface area contributed by atoms with Crippen LogP contribution in [0.5, 0.6) is 6.01 Å². The number of aromatic nitrogens is 2. The number of benzene rings is 1. The molecule has 0 spiro atoms. The third-order valence-electron chi connectivity index (χ3n) is 4.50. The number of nitrogens with zero attached hydrogens (tertiary/aromatic N) is 2. The predicted molar refractivity (Wildman–Crippen MR) is 94.1 cm³/mol. The molecule has 0 radical (unpaired) electrons. The number of carbonyl (C=O) groups excluding carboxylic acids is 1. The van der Waals surface area contributed by atoms with Gasteiger partial charge < -0.3 is 13.9 Å². The second-order valence-corrected chi connectivity index (χ2v) is 6.25. The van der Waals surface area contributed by atoms with Crippen LogP contribution in [0.15, 0.2) is 40.8 Å². The number of fused-ring (bicyclic) bond motifs is 1. The van der Waals surface area contributed by atoms with Crippen LogP contribution in [0.4, 0.5) is 0 Å². The lowest BCUT2D eigenvalue weighted by molar-refractivity contribution is 0.0381. The predicted octanol–water partition coefficient (Wildman–Crippen LogP) is 3.82. The maximum Gasteiger partial charge on any atom is 0.343 e. The van der Waals surface area contributed by atoms with Gasteiger partial charge in [-0.2, -0.15) is 9.97 Å². The maximum absolute atomic E-state index is 12.6. The van der Waals surface area contributed by atoms with E-state index in [9.17, 15) is 4.79 Å². The Labute approximate surface area is 150 Å². The number of aryl methyl sites for hydroxylation is 2. The second-order valence-electron chi connectivity index (χ2n) is 6.25. The van der Waals surface area contributed by atoms with Crippen LogP contribution in [0, 0.1) is 13.8 Å². The van der Waals surface area contributed by atoms with E-state index in [0.29, 0.717) is 29.1 Å². The molecule has 1 aliphatic heterocycles. The summed E-state index contributed by atoms with van der Waals surface area (Å²) < 4.78 is 16.5. The molecule has 3 heterocycles. The quantitative estimate of drug-likeness (QED) is 0.666. The van der Waals surface area contributed by atoms with E-state index < -0.39 is 12.1 Å². The Kier molecular flexibility index (Phi) is 3.95. The van der Waals surface area contributed by atoms with Gasteiger partial charge >= 0.3 is 12.0 Å². The number of methoxy groups -OCH3 is 1. The first kappa shape index (κ1) is 16.3. The topological polar surface area (TPSA) is 74.5 Å². The summed E-state index contributed by atoms with van der Waals surface area (Å²) in [5, 5.41) is 0. The molecule has 132 valence electrons. The van der Waals surface area contributed by atoms with Crippen molar-refractivity contribution in [1.82, 2.24) is 9.97 Å². The molecular weight excluding hydrogens is 332 g/mol. The molecule has 1 aliphatic rings. The van der Waals surface area contributed by atoms with Gasteiger partial charge in [-0.3, -0.25) is 0 Å². The van der Waals surface area contributed by atoms with Crippen LogP contribution in [0.1, 0.15) is 39.0 Å². The van der Waals surface area contributed by atoms with Gasteiger partial charge in [-0.05, 0) is 37.1 Å². The molecule has 0 fully saturated rings. The van der Waals surface area contributed by atoms with Gasteiger partial charge in [0.2, 0.25) is 0 Å². The fraction of sp³-hybridized carbons (Fsp3) is 0.250. The molecule has 0 N–H and O–H groups in total. The number of furan rings is 1. The summed E-state index contributed by atoms with van der Waals surface area (Å²) in [5.74, 6) is 0.785. The minimum atomic E-state index is -0.481. The Hall–Kier alpha value is -3.15. The highest BCUT2D eigenvalue weighted by Gasteiger charge is 2.38. The van der Waals surface area contributed by atoms with Gasteiger partial charge in [0.05, 0.1) is 7.11 Å². The normalized spacial score (nSPS) is 15.7. The SMILES string of the molecule is COc1nc(-c2ccc(C)o2)c2c(n1)C(Cc1ccccc1C)OC2=O. The number of esters is 1. The number of hydrogen-bond acceptors (Lipinski definition) is 6. The van der Waals surface area contributed by atoms with Gasteiger partial charge in [0, 0.05) is 6.42 Å². The Morgan fingerprint density at radius 1 is 1.12 bits per heavy atom. The average Bonchev–Trinajstić information content (AvgIpc) is 3.20. The summed E-state index contributed by atoms with van der Waals surface area (Å²) in [4.78, 5) is 21.3. The summed E-state index contributed by atoms with van der Waals surface area (Å²) in [5.41, 5.74) is 3.52. The van der Waals surface area contributed by atoms with Crippen LogP contribution in [0.25, 0.3) is 11.5 Å². The molecule has 4 rings (SSSR count). The third-order valence-corrected chi connectivity index (χ3v) is 4.50. The van der Waals surface area contributed by atoms with Crippen molar-refractivity contribution in [1.29, 1.82) is 0 Å². The molecule has 6 nitrogen and oxygen atoms in total. The van der Waals surface area contributed by atoms with Crippen molar-refractivity contribution in [3.05, 3.63) is 64.5 Å². The van der Waals surface area contributed by atoms with E-state index in [2.05, 4.69) is 9.97 Å². The van der Waals surface area contributed by atoms with Crippen molar-refractivity contribution >= 4 is 5.97 Å². The number of carbonyl (C=O) groups is 1. The first-order valence-corrected chi connectivity index (χ1v) is 8.35. The van der Waals surface area contributed by atoms with E-state index in [1.54, 1.807) is 6.07 Å². The fourth-order valence-electron chi connectivity index (χ4n) is 3.14. The molecule has 6 heteroatoms. The number of hydrogen-bond donors (Lipinski definition) is 0. The van der Waals surface area contributed by atoms with Crippen LogP contribution < -0.4 is 4.74 Å². The summed E-state index contributed by atoms with van der Waals surface area (Å²) in [6, 6.07) is 11.8. The molecule has 26 heavy (non-hydrogen) atoms. The van der Waals surface area contributed by atoms with Crippen LogP contribution in [0.2, 0.25) is 0 Å². The lowest BCUT2D eigenvalue weighted by Crippen LogP contribution is -2.06. The Morgan fingerprint density at radius 2 is 1.92 bits per heavy atom. The van der Waals surface area contributed by atoms with E-state index in [-0.39, 0.29) is 6.01 Å². The minimum Gasteiger partial charge on any atom is -0.467 e. The van der Waals surface area contributed by atoms with Crippen molar-refractivity contribution < 1.29 is 18.7 Å². The summed E-state index contributed by atoms with van der Waals surface area (Å²) >= 11 is 0. The maximum atomic E-state index is 12.6.